The Morgan fingerprint density at radius 3 is 2.48 bits per heavy atom. The summed E-state index contributed by atoms with van der Waals surface area (Å²) >= 11 is 0. The number of aromatic nitrogens is 4. The minimum Gasteiger partial charge on any atom is -0.352 e. The SMILES string of the molecule is c1cnnc(N2CCN(c3nc4ccccc4[nH]3)CC2)c1. The summed E-state index contributed by atoms with van der Waals surface area (Å²) < 4.78 is 0. The lowest BCUT2D eigenvalue weighted by molar-refractivity contribution is 0.634. The van der Waals surface area contributed by atoms with Crippen LogP contribution in [0.15, 0.2) is 42.6 Å². The van der Waals surface area contributed by atoms with E-state index in [4.69, 9.17) is 0 Å². The second-order valence-electron chi connectivity index (χ2n) is 5.13. The van der Waals surface area contributed by atoms with Crippen LogP contribution in [-0.4, -0.2) is 46.3 Å². The van der Waals surface area contributed by atoms with Gasteiger partial charge in [-0.05, 0) is 24.3 Å². The number of imidazole rings is 1. The molecule has 21 heavy (non-hydrogen) atoms. The second kappa shape index (κ2) is 5.05. The van der Waals surface area contributed by atoms with Crippen molar-refractivity contribution in [3.63, 3.8) is 0 Å². The molecule has 1 fully saturated rings. The Morgan fingerprint density at radius 2 is 1.71 bits per heavy atom. The molecule has 6 nitrogen and oxygen atoms in total. The molecule has 0 amide bonds. The Bertz CT molecular complexity index is 697. The Morgan fingerprint density at radius 1 is 0.905 bits per heavy atom. The van der Waals surface area contributed by atoms with E-state index in [0.717, 1.165) is 49.0 Å². The van der Waals surface area contributed by atoms with Crippen LogP contribution in [0.25, 0.3) is 11.0 Å². The van der Waals surface area contributed by atoms with Crippen molar-refractivity contribution in [3.8, 4) is 0 Å². The van der Waals surface area contributed by atoms with Gasteiger partial charge in [-0.1, -0.05) is 12.1 Å². The van der Waals surface area contributed by atoms with Gasteiger partial charge in [-0.2, -0.15) is 5.10 Å². The van der Waals surface area contributed by atoms with Gasteiger partial charge in [0.15, 0.2) is 5.82 Å². The molecule has 1 saturated heterocycles. The molecule has 1 aliphatic rings. The summed E-state index contributed by atoms with van der Waals surface area (Å²) in [6.45, 7) is 3.71. The van der Waals surface area contributed by atoms with Crippen molar-refractivity contribution in [1.82, 2.24) is 20.2 Å². The third kappa shape index (κ3) is 2.29. The smallest absolute Gasteiger partial charge is 0.203 e. The number of para-hydroxylation sites is 2. The van der Waals surface area contributed by atoms with E-state index < -0.39 is 0 Å². The maximum atomic E-state index is 4.66. The summed E-state index contributed by atoms with van der Waals surface area (Å²) in [5, 5.41) is 8.11. The quantitative estimate of drug-likeness (QED) is 0.774. The van der Waals surface area contributed by atoms with Crippen molar-refractivity contribution in [3.05, 3.63) is 42.6 Å². The Hall–Kier alpha value is -2.63. The molecule has 0 atom stereocenters. The number of anilines is 2. The van der Waals surface area contributed by atoms with E-state index in [0.29, 0.717) is 0 Å². The van der Waals surface area contributed by atoms with Gasteiger partial charge in [0.2, 0.25) is 5.95 Å². The van der Waals surface area contributed by atoms with Crippen LogP contribution < -0.4 is 9.80 Å². The van der Waals surface area contributed by atoms with Crippen molar-refractivity contribution in [2.24, 2.45) is 0 Å². The van der Waals surface area contributed by atoms with E-state index in [-0.39, 0.29) is 0 Å². The number of rotatable bonds is 2. The first-order valence-corrected chi connectivity index (χ1v) is 7.12. The lowest BCUT2D eigenvalue weighted by Crippen LogP contribution is -2.47. The number of H-pyrrole nitrogens is 1. The number of piperazine rings is 1. The molecule has 3 aromatic rings. The highest BCUT2D eigenvalue weighted by Crippen LogP contribution is 2.19. The molecular weight excluding hydrogens is 264 g/mol. The van der Waals surface area contributed by atoms with E-state index in [9.17, 15) is 0 Å². The number of hydrogen-bond acceptors (Lipinski definition) is 5. The van der Waals surface area contributed by atoms with E-state index in [1.807, 2.05) is 30.3 Å². The third-order valence-corrected chi connectivity index (χ3v) is 3.84. The monoisotopic (exact) mass is 280 g/mol. The van der Waals surface area contributed by atoms with Crippen LogP contribution >= 0.6 is 0 Å². The highest BCUT2D eigenvalue weighted by atomic mass is 15.3. The van der Waals surface area contributed by atoms with Crippen LogP contribution in [0.2, 0.25) is 0 Å². The van der Waals surface area contributed by atoms with Gasteiger partial charge in [0.25, 0.3) is 0 Å². The number of nitrogens with one attached hydrogen (secondary N) is 1. The largest absolute Gasteiger partial charge is 0.352 e. The molecule has 3 heterocycles. The lowest BCUT2D eigenvalue weighted by atomic mass is 10.3. The fourth-order valence-electron chi connectivity index (χ4n) is 2.70. The minimum atomic E-state index is 0.926. The number of nitrogens with zero attached hydrogens (tertiary/aromatic N) is 5. The molecule has 1 aliphatic heterocycles. The highest BCUT2D eigenvalue weighted by molar-refractivity contribution is 5.77. The van der Waals surface area contributed by atoms with E-state index >= 15 is 0 Å². The molecule has 0 saturated carbocycles. The summed E-state index contributed by atoms with van der Waals surface area (Å²) in [5.74, 6) is 1.90. The first kappa shape index (κ1) is 12.1. The number of benzene rings is 1. The van der Waals surface area contributed by atoms with Gasteiger partial charge >= 0.3 is 0 Å². The zero-order chi connectivity index (χ0) is 14.1. The van der Waals surface area contributed by atoms with Gasteiger partial charge in [0.1, 0.15) is 0 Å². The molecule has 0 aliphatic carbocycles. The molecule has 4 rings (SSSR count). The zero-order valence-corrected chi connectivity index (χ0v) is 11.6. The van der Waals surface area contributed by atoms with Gasteiger partial charge in [-0.15, -0.1) is 5.10 Å². The average molecular weight is 280 g/mol. The van der Waals surface area contributed by atoms with Crippen molar-refractivity contribution in [2.75, 3.05) is 36.0 Å². The standard InChI is InChI=1S/C15H16N6/c1-2-5-13-12(4-1)17-15(18-13)21-10-8-20(9-11-21)14-6-3-7-16-19-14/h1-7H,8-11H2,(H,17,18). The number of aromatic amines is 1. The fourth-order valence-corrected chi connectivity index (χ4v) is 2.70. The maximum absolute atomic E-state index is 4.66. The van der Waals surface area contributed by atoms with E-state index in [1.165, 1.54) is 0 Å². The molecule has 0 unspecified atom stereocenters. The van der Waals surface area contributed by atoms with Gasteiger partial charge in [0, 0.05) is 32.4 Å². The van der Waals surface area contributed by atoms with Crippen molar-refractivity contribution in [2.45, 2.75) is 0 Å². The molecule has 0 radical (unpaired) electrons. The van der Waals surface area contributed by atoms with Crippen LogP contribution in [0.4, 0.5) is 11.8 Å². The van der Waals surface area contributed by atoms with Crippen LogP contribution in [0.1, 0.15) is 0 Å². The van der Waals surface area contributed by atoms with Crippen LogP contribution in [0, 0.1) is 0 Å². The topological polar surface area (TPSA) is 60.9 Å². The Balaban J connectivity index is 1.50. The van der Waals surface area contributed by atoms with Gasteiger partial charge in [-0.25, -0.2) is 4.98 Å². The van der Waals surface area contributed by atoms with Gasteiger partial charge < -0.3 is 14.8 Å². The van der Waals surface area contributed by atoms with Gasteiger partial charge in [-0.3, -0.25) is 0 Å². The summed E-state index contributed by atoms with van der Waals surface area (Å²) in [5.41, 5.74) is 2.10. The summed E-state index contributed by atoms with van der Waals surface area (Å²) in [6, 6.07) is 12.1. The zero-order valence-electron chi connectivity index (χ0n) is 11.6. The van der Waals surface area contributed by atoms with Crippen molar-refractivity contribution in [1.29, 1.82) is 0 Å². The predicted molar refractivity (Wildman–Crippen MR) is 82.6 cm³/mol. The minimum absolute atomic E-state index is 0.926. The Kier molecular flexibility index (Phi) is 2.92. The first-order valence-electron chi connectivity index (χ1n) is 7.12. The third-order valence-electron chi connectivity index (χ3n) is 3.84. The van der Waals surface area contributed by atoms with Crippen LogP contribution in [0.5, 0.6) is 0 Å². The average Bonchev–Trinajstić information content (AvgIpc) is 3.00. The van der Waals surface area contributed by atoms with E-state index in [1.54, 1.807) is 6.20 Å². The summed E-state index contributed by atoms with van der Waals surface area (Å²) in [4.78, 5) is 12.6. The normalized spacial score (nSPS) is 15.6. The molecule has 0 bridgehead atoms. The first-order chi connectivity index (χ1) is 10.4. The van der Waals surface area contributed by atoms with Crippen molar-refractivity contribution >= 4 is 22.8 Å². The Labute approximate surface area is 122 Å². The molecule has 0 spiro atoms. The highest BCUT2D eigenvalue weighted by Gasteiger charge is 2.20. The van der Waals surface area contributed by atoms with Crippen LogP contribution in [-0.2, 0) is 0 Å². The molecular formula is C15H16N6. The van der Waals surface area contributed by atoms with E-state index in [2.05, 4.69) is 36.0 Å². The van der Waals surface area contributed by atoms with Gasteiger partial charge in [0.05, 0.1) is 11.0 Å². The molecule has 2 aromatic heterocycles. The predicted octanol–water partition coefficient (Wildman–Crippen LogP) is 1.68. The maximum Gasteiger partial charge on any atom is 0.203 e. The molecule has 1 N–H and O–H groups in total. The molecule has 6 heteroatoms. The van der Waals surface area contributed by atoms with Crippen molar-refractivity contribution < 1.29 is 0 Å². The lowest BCUT2D eigenvalue weighted by Gasteiger charge is -2.34. The summed E-state index contributed by atoms with van der Waals surface area (Å²) in [7, 11) is 0. The summed E-state index contributed by atoms with van der Waals surface area (Å²) in [6.07, 6.45) is 1.70. The van der Waals surface area contributed by atoms with Crippen LogP contribution in [0.3, 0.4) is 0 Å². The second-order valence-corrected chi connectivity index (χ2v) is 5.13. The fraction of sp³-hybridized carbons (Fsp3) is 0.267. The molecule has 106 valence electrons. The molecule has 1 aromatic carbocycles. The number of fused-ring (bicyclic) bond motifs is 1. The number of hydrogen-bond donors (Lipinski definition) is 1.